The minimum atomic E-state index is -2.43. The fourth-order valence-corrected chi connectivity index (χ4v) is 5.60. The number of cyclic esters (lactones) is 1. The van der Waals surface area contributed by atoms with Crippen molar-refractivity contribution in [3.63, 3.8) is 0 Å². The van der Waals surface area contributed by atoms with E-state index < -0.39 is 98.1 Å². The van der Waals surface area contributed by atoms with Gasteiger partial charge in [0.15, 0.2) is 0 Å². The number of aromatic hydroxyl groups is 1. The van der Waals surface area contributed by atoms with Crippen molar-refractivity contribution in [2.75, 3.05) is 26.2 Å². The number of ether oxygens (including phenoxy) is 2. The quantitative estimate of drug-likeness (QED) is 0.145. The van der Waals surface area contributed by atoms with Gasteiger partial charge in [-0.15, -0.1) is 0 Å². The summed E-state index contributed by atoms with van der Waals surface area (Å²) in [6, 6.07) is 11.3. The number of hydrogen-bond acceptors (Lipinski definition) is 12. The van der Waals surface area contributed by atoms with Crippen molar-refractivity contribution in [2.24, 2.45) is 5.92 Å². The predicted octanol–water partition coefficient (Wildman–Crippen LogP) is -2.25. The van der Waals surface area contributed by atoms with Gasteiger partial charge in [0, 0.05) is 6.42 Å². The molecule has 2 heterocycles. The zero-order valence-corrected chi connectivity index (χ0v) is 27.8. The highest BCUT2D eigenvalue weighted by atomic mass is 16.7. The minimum absolute atomic E-state index is 0.00152. The van der Waals surface area contributed by atoms with Gasteiger partial charge in [-0.2, -0.15) is 0 Å². The Hall–Kier alpha value is -4.61. The van der Waals surface area contributed by atoms with Gasteiger partial charge in [0.25, 0.3) is 0 Å². The van der Waals surface area contributed by atoms with E-state index in [2.05, 4.69) is 26.6 Å². The van der Waals surface area contributed by atoms with Gasteiger partial charge in [0.1, 0.15) is 42.8 Å². The van der Waals surface area contributed by atoms with Crippen molar-refractivity contribution in [1.29, 1.82) is 0 Å². The maximum Gasteiger partial charge on any atom is 0.328 e. The van der Waals surface area contributed by atoms with Crippen LogP contribution in [0.2, 0.25) is 0 Å². The summed E-state index contributed by atoms with van der Waals surface area (Å²) in [5, 5.41) is 55.2. The molecule has 2 aromatic carbocycles. The number of amides is 4. The largest absolute Gasteiger partial charge is 0.508 e. The number of hydrogen-bond donors (Lipinski definition) is 9. The molecule has 4 amide bonds. The first-order valence-electron chi connectivity index (χ1n) is 16.4. The molecule has 2 saturated heterocycles. The van der Waals surface area contributed by atoms with E-state index in [0.29, 0.717) is 11.1 Å². The van der Waals surface area contributed by atoms with Crippen LogP contribution in [0.25, 0.3) is 0 Å². The van der Waals surface area contributed by atoms with Gasteiger partial charge in [0.2, 0.25) is 29.4 Å². The minimum Gasteiger partial charge on any atom is -0.508 e. The molecule has 1 unspecified atom stereocenters. The molecule has 2 fully saturated rings. The summed E-state index contributed by atoms with van der Waals surface area (Å²) in [7, 11) is 0. The Kier molecular flexibility index (Phi) is 13.3. The monoisotopic (exact) mass is 699 g/mol. The van der Waals surface area contributed by atoms with E-state index in [1.165, 1.54) is 12.1 Å². The normalized spacial score (nSPS) is 29.2. The number of fused-ring (bicyclic) bond motifs is 2. The maximum atomic E-state index is 13.5. The van der Waals surface area contributed by atoms with Crippen LogP contribution in [-0.2, 0) is 46.3 Å². The van der Waals surface area contributed by atoms with E-state index in [-0.39, 0.29) is 30.9 Å². The summed E-state index contributed by atoms with van der Waals surface area (Å²) < 4.78 is 11.0. The molecule has 7 atom stereocenters. The fraction of sp³-hybridized carbons (Fsp3) is 0.500. The van der Waals surface area contributed by atoms with Gasteiger partial charge < -0.3 is 56.5 Å². The second-order valence-electron chi connectivity index (χ2n) is 12.9. The first kappa shape index (κ1) is 38.2. The third-order valence-corrected chi connectivity index (χ3v) is 8.32. The highest BCUT2D eigenvalue weighted by Gasteiger charge is 2.54. The topological polar surface area (TPSA) is 245 Å². The maximum absolute atomic E-state index is 13.5. The molecule has 2 aliphatic heterocycles. The standard InChI is InChI=1S/C34H45N5O11/c1-19(2)12-25-33(47)49-17-26-29(43)30(44)34(48,50-26)18-37-23(13-21-8-10-22(40)11-9-21)31(45)36-15-27(41)35-16-28(42)38-24(32(46)39-25)14-20-6-4-3-5-7-20/h3-11,19,23-26,29-30,37,40,43-44,48H,12-18H2,1-2H3,(H,35,41)(H,36,45)(H,38,42)(H,39,46)/t23-,24-,25-,26+,29+,30-,34?/m0/s1. The summed E-state index contributed by atoms with van der Waals surface area (Å²) in [5.41, 5.74) is 1.30. The van der Waals surface area contributed by atoms with Crippen LogP contribution in [-0.4, -0.2) is 118 Å². The molecule has 0 aromatic heterocycles. The van der Waals surface area contributed by atoms with Crippen LogP contribution in [0.5, 0.6) is 5.75 Å². The molecule has 50 heavy (non-hydrogen) atoms. The summed E-state index contributed by atoms with van der Waals surface area (Å²) in [6.45, 7) is 1.42. The molecule has 0 aliphatic carbocycles. The Morgan fingerprint density at radius 3 is 2.12 bits per heavy atom. The van der Waals surface area contributed by atoms with Gasteiger partial charge in [-0.25, -0.2) is 4.79 Å². The Labute approximate surface area is 288 Å². The lowest BCUT2D eigenvalue weighted by atomic mass is 10.0. The Morgan fingerprint density at radius 1 is 0.800 bits per heavy atom. The summed E-state index contributed by atoms with van der Waals surface area (Å²) >= 11 is 0. The molecular formula is C34H45N5O11. The molecule has 16 nitrogen and oxygen atoms in total. The molecule has 0 saturated carbocycles. The van der Waals surface area contributed by atoms with E-state index in [1.54, 1.807) is 42.5 Å². The SMILES string of the molecule is CC(C)C[C@@H]1NC(=O)[C@H](Cc2ccccc2)NC(=O)CNC(=O)CNC(=O)[C@H](Cc2ccc(O)cc2)NCC2(O)O[C@H](COC1=O)[C@@H](O)[C@@H]2O. The fourth-order valence-electron chi connectivity index (χ4n) is 5.60. The van der Waals surface area contributed by atoms with Gasteiger partial charge >= 0.3 is 5.97 Å². The Balaban J connectivity index is 1.59. The first-order chi connectivity index (χ1) is 23.7. The highest BCUT2D eigenvalue weighted by Crippen LogP contribution is 2.29. The molecular weight excluding hydrogens is 654 g/mol. The summed E-state index contributed by atoms with van der Waals surface area (Å²) in [5.74, 6) is -6.19. The van der Waals surface area contributed by atoms with Crippen molar-refractivity contribution >= 4 is 29.6 Å². The van der Waals surface area contributed by atoms with E-state index in [1.807, 2.05) is 13.8 Å². The average Bonchev–Trinajstić information content (AvgIpc) is 3.30. The van der Waals surface area contributed by atoms with Crippen molar-refractivity contribution in [1.82, 2.24) is 26.6 Å². The van der Waals surface area contributed by atoms with Crippen molar-refractivity contribution in [3.05, 3.63) is 65.7 Å². The van der Waals surface area contributed by atoms with Gasteiger partial charge in [-0.1, -0.05) is 56.3 Å². The Bertz CT molecular complexity index is 1490. The zero-order valence-electron chi connectivity index (χ0n) is 27.8. The van der Waals surface area contributed by atoms with Gasteiger partial charge in [-0.05, 0) is 42.0 Å². The lowest BCUT2D eigenvalue weighted by Gasteiger charge is -2.29. The van der Waals surface area contributed by atoms with Gasteiger partial charge in [0.05, 0.1) is 25.7 Å². The molecule has 16 heteroatoms. The Morgan fingerprint density at radius 2 is 1.44 bits per heavy atom. The number of β-amino-alcohol motifs (C(OH)–C–C–N with tert-alkyl or cyclic N) is 1. The second kappa shape index (κ2) is 17.4. The van der Waals surface area contributed by atoms with E-state index in [0.717, 1.165) is 0 Å². The third-order valence-electron chi connectivity index (χ3n) is 8.32. The summed E-state index contributed by atoms with van der Waals surface area (Å²) in [4.78, 5) is 65.6. The molecule has 2 aliphatic rings. The molecule has 2 aromatic rings. The summed E-state index contributed by atoms with van der Waals surface area (Å²) in [6.07, 6.45) is -4.76. The number of benzene rings is 2. The number of carbonyl (C=O) groups excluding carboxylic acids is 5. The van der Waals surface area contributed by atoms with Crippen LogP contribution in [0.15, 0.2) is 54.6 Å². The first-order valence-corrected chi connectivity index (χ1v) is 16.4. The number of esters is 1. The second-order valence-corrected chi connectivity index (χ2v) is 12.9. The van der Waals surface area contributed by atoms with Crippen molar-refractivity contribution < 1.29 is 53.9 Å². The lowest BCUT2D eigenvalue weighted by Crippen LogP contribution is -2.56. The van der Waals surface area contributed by atoms with Crippen LogP contribution in [0.3, 0.4) is 0 Å². The number of phenols is 1. The zero-order chi connectivity index (χ0) is 36.4. The van der Waals surface area contributed by atoms with Crippen LogP contribution in [0.4, 0.5) is 0 Å². The highest BCUT2D eigenvalue weighted by molar-refractivity contribution is 5.93. The van der Waals surface area contributed by atoms with Crippen LogP contribution in [0.1, 0.15) is 31.4 Å². The number of aliphatic hydroxyl groups is 3. The smallest absolute Gasteiger partial charge is 0.328 e. The molecule has 4 rings (SSSR count). The molecule has 9 N–H and O–H groups in total. The number of phenolic OH excluding ortho intramolecular Hbond substituents is 1. The van der Waals surface area contributed by atoms with Crippen molar-refractivity contribution in [3.8, 4) is 5.75 Å². The number of rotatable bonds is 6. The third kappa shape index (κ3) is 10.7. The average molecular weight is 700 g/mol. The van der Waals surface area contributed by atoms with Gasteiger partial charge in [-0.3, -0.25) is 19.2 Å². The number of aliphatic hydroxyl groups excluding tert-OH is 2. The van der Waals surface area contributed by atoms with Crippen LogP contribution < -0.4 is 26.6 Å². The van der Waals surface area contributed by atoms with E-state index >= 15 is 0 Å². The van der Waals surface area contributed by atoms with E-state index in [4.69, 9.17) is 9.47 Å². The van der Waals surface area contributed by atoms with E-state index in [9.17, 15) is 44.4 Å². The van der Waals surface area contributed by atoms with Crippen molar-refractivity contribution in [2.45, 2.75) is 75.3 Å². The molecule has 272 valence electrons. The number of carbonyl (C=O) groups is 5. The molecule has 2 bridgehead atoms. The van der Waals surface area contributed by atoms with Crippen LogP contribution >= 0.6 is 0 Å². The molecule has 0 radical (unpaired) electrons. The molecule has 0 spiro atoms. The van der Waals surface area contributed by atoms with Crippen LogP contribution in [0, 0.1) is 5.92 Å². The number of nitrogens with one attached hydrogen (secondary N) is 5. The lowest BCUT2D eigenvalue weighted by molar-refractivity contribution is -0.228. The predicted molar refractivity (Wildman–Crippen MR) is 176 cm³/mol.